The monoisotopic (exact) mass is 662 g/mol. The van der Waals surface area contributed by atoms with Gasteiger partial charge in [0.2, 0.25) is 0 Å². The van der Waals surface area contributed by atoms with Crippen LogP contribution in [0.5, 0.6) is 0 Å². The molecule has 4 aromatic rings. The number of aromatic nitrogens is 2. The van der Waals surface area contributed by atoms with Gasteiger partial charge in [0.15, 0.2) is 5.69 Å². The van der Waals surface area contributed by atoms with Gasteiger partial charge in [0.1, 0.15) is 5.60 Å². The standard InChI is InChI=1S/C38H42N6O5/c1-6-8-18-32-33(34(37(47)48-7-2)41-44(32)28-16-10-9-11-17-28)30-20-19-26(36(46)49-38(3,4)5)22-31(30)35(45)43-24-27-15-13-12-14-25(27)21-29(43)23-40-42-39/h9-17,19-20,22,29H,6-8,18,21,23-24H2,1-5H3. The summed E-state index contributed by atoms with van der Waals surface area (Å²) in [4.78, 5) is 46.6. The van der Waals surface area contributed by atoms with Gasteiger partial charge in [0.05, 0.1) is 23.6 Å². The summed E-state index contributed by atoms with van der Waals surface area (Å²) < 4.78 is 12.9. The third-order valence-electron chi connectivity index (χ3n) is 8.34. The minimum absolute atomic E-state index is 0.0689. The summed E-state index contributed by atoms with van der Waals surface area (Å²) >= 11 is 0. The van der Waals surface area contributed by atoms with Crippen LogP contribution in [0.25, 0.3) is 27.3 Å². The third-order valence-corrected chi connectivity index (χ3v) is 8.34. The first-order valence-corrected chi connectivity index (χ1v) is 16.7. The number of azide groups is 1. The van der Waals surface area contributed by atoms with Crippen molar-refractivity contribution in [3.63, 3.8) is 0 Å². The van der Waals surface area contributed by atoms with Gasteiger partial charge in [-0.1, -0.05) is 67.0 Å². The normalized spacial score (nSPS) is 14.1. The van der Waals surface area contributed by atoms with Gasteiger partial charge < -0.3 is 14.4 Å². The zero-order valence-electron chi connectivity index (χ0n) is 28.7. The molecule has 11 nitrogen and oxygen atoms in total. The third kappa shape index (κ3) is 7.84. The van der Waals surface area contributed by atoms with Crippen LogP contribution in [0.3, 0.4) is 0 Å². The Morgan fingerprint density at radius 3 is 2.37 bits per heavy atom. The van der Waals surface area contributed by atoms with E-state index in [0.29, 0.717) is 24.0 Å². The van der Waals surface area contributed by atoms with Crippen LogP contribution in [0.15, 0.2) is 77.9 Å². The van der Waals surface area contributed by atoms with Crippen LogP contribution >= 0.6 is 0 Å². The summed E-state index contributed by atoms with van der Waals surface area (Å²) in [6.07, 6.45) is 2.73. The van der Waals surface area contributed by atoms with E-state index in [1.807, 2.05) is 54.6 Å². The molecule has 3 aromatic carbocycles. The molecule has 11 heteroatoms. The molecular weight excluding hydrogens is 620 g/mol. The lowest BCUT2D eigenvalue weighted by atomic mass is 9.90. The van der Waals surface area contributed by atoms with E-state index in [1.165, 1.54) is 6.07 Å². The van der Waals surface area contributed by atoms with Crippen molar-refractivity contribution >= 4 is 17.8 Å². The molecule has 0 fully saturated rings. The molecule has 1 aromatic heterocycles. The molecule has 0 aliphatic carbocycles. The quantitative estimate of drug-likeness (QED) is 0.0692. The van der Waals surface area contributed by atoms with E-state index < -0.39 is 23.6 Å². The topological polar surface area (TPSA) is 139 Å². The zero-order valence-corrected chi connectivity index (χ0v) is 28.7. The smallest absolute Gasteiger partial charge is 0.359 e. The second-order valence-electron chi connectivity index (χ2n) is 13.0. The maximum absolute atomic E-state index is 14.9. The van der Waals surface area contributed by atoms with Crippen molar-refractivity contribution in [2.45, 2.75) is 78.5 Å². The number of esters is 2. The number of hydrogen-bond donors (Lipinski definition) is 0. The SMILES string of the molecule is CCCCc1c(-c2ccc(C(=O)OC(C)(C)C)cc2C(=O)N2Cc3ccccc3CC2CN=[N+]=[N-])c(C(=O)OCC)nn1-c1ccccc1. The second kappa shape index (κ2) is 15.2. The van der Waals surface area contributed by atoms with Gasteiger partial charge in [-0.3, -0.25) is 4.79 Å². The van der Waals surface area contributed by atoms with E-state index in [4.69, 9.17) is 14.6 Å². The van der Waals surface area contributed by atoms with Crippen LogP contribution < -0.4 is 0 Å². The van der Waals surface area contributed by atoms with Crippen molar-refractivity contribution in [2.75, 3.05) is 13.2 Å². The molecule has 0 spiro atoms. The highest BCUT2D eigenvalue weighted by molar-refractivity contribution is 6.07. The molecule has 49 heavy (non-hydrogen) atoms. The summed E-state index contributed by atoms with van der Waals surface area (Å²) in [5, 5.41) is 8.64. The predicted octanol–water partition coefficient (Wildman–Crippen LogP) is 7.89. The van der Waals surface area contributed by atoms with Gasteiger partial charge in [-0.25, -0.2) is 14.3 Å². The molecule has 1 aliphatic rings. The molecule has 1 amide bonds. The Kier molecular flexibility index (Phi) is 10.8. The van der Waals surface area contributed by atoms with Crippen LogP contribution in [0.2, 0.25) is 0 Å². The molecule has 2 heterocycles. The highest BCUT2D eigenvalue weighted by atomic mass is 16.6. The van der Waals surface area contributed by atoms with Crippen LogP contribution in [-0.4, -0.2) is 57.3 Å². The fourth-order valence-electron chi connectivity index (χ4n) is 6.11. The number of hydrogen-bond acceptors (Lipinski definition) is 7. The molecule has 5 rings (SSSR count). The average Bonchev–Trinajstić information content (AvgIpc) is 3.47. The van der Waals surface area contributed by atoms with E-state index in [2.05, 4.69) is 16.9 Å². The lowest BCUT2D eigenvalue weighted by Crippen LogP contribution is -2.46. The number of ether oxygens (including phenoxy) is 2. The number of rotatable bonds is 11. The first-order valence-electron chi connectivity index (χ1n) is 16.7. The number of carbonyl (C=O) groups is 3. The Morgan fingerprint density at radius 1 is 0.980 bits per heavy atom. The fourth-order valence-corrected chi connectivity index (χ4v) is 6.11. The van der Waals surface area contributed by atoms with Crippen molar-refractivity contribution in [3.8, 4) is 16.8 Å². The largest absolute Gasteiger partial charge is 0.461 e. The van der Waals surface area contributed by atoms with Gasteiger partial charge in [0.25, 0.3) is 5.91 Å². The first kappa shape index (κ1) is 34.9. The van der Waals surface area contributed by atoms with Crippen LogP contribution in [-0.2, 0) is 28.9 Å². The number of benzene rings is 3. The number of nitrogens with zero attached hydrogens (tertiary/aromatic N) is 6. The van der Waals surface area contributed by atoms with Crippen molar-refractivity contribution in [1.82, 2.24) is 14.7 Å². The number of unbranched alkanes of at least 4 members (excludes halogenated alkanes) is 1. The van der Waals surface area contributed by atoms with Gasteiger partial charge in [-0.05, 0) is 93.4 Å². The van der Waals surface area contributed by atoms with Gasteiger partial charge in [0, 0.05) is 35.2 Å². The predicted molar refractivity (Wildman–Crippen MR) is 187 cm³/mol. The molecule has 0 radical (unpaired) electrons. The second-order valence-corrected chi connectivity index (χ2v) is 13.0. The maximum atomic E-state index is 14.9. The van der Waals surface area contributed by atoms with E-state index in [0.717, 1.165) is 35.3 Å². The molecule has 0 saturated carbocycles. The first-order chi connectivity index (χ1) is 23.6. The molecule has 1 unspecified atom stereocenters. The summed E-state index contributed by atoms with van der Waals surface area (Å²) in [5.41, 5.74) is 13.3. The zero-order chi connectivity index (χ0) is 35.1. The molecule has 254 valence electrons. The van der Waals surface area contributed by atoms with Gasteiger partial charge in [-0.2, -0.15) is 5.10 Å². The average molecular weight is 663 g/mol. The van der Waals surface area contributed by atoms with Crippen molar-refractivity contribution in [2.24, 2.45) is 5.11 Å². The minimum atomic E-state index is -0.766. The van der Waals surface area contributed by atoms with Gasteiger partial charge >= 0.3 is 11.9 Å². The van der Waals surface area contributed by atoms with E-state index >= 15 is 0 Å². The molecular formula is C38H42N6O5. The van der Waals surface area contributed by atoms with Crippen LogP contribution in [0.4, 0.5) is 0 Å². The van der Waals surface area contributed by atoms with E-state index in [-0.39, 0.29) is 42.4 Å². The molecule has 1 aliphatic heterocycles. The number of fused-ring (bicyclic) bond motifs is 1. The summed E-state index contributed by atoms with van der Waals surface area (Å²) in [6, 6.07) is 21.8. The Hall–Kier alpha value is -5.41. The minimum Gasteiger partial charge on any atom is -0.461 e. The molecule has 0 bridgehead atoms. The Bertz CT molecular complexity index is 1890. The molecule has 1 atom stereocenters. The summed E-state index contributed by atoms with van der Waals surface area (Å²) in [7, 11) is 0. The fraction of sp³-hybridized carbons (Fsp3) is 0.368. The lowest BCUT2D eigenvalue weighted by molar-refractivity contribution is 0.00692. The van der Waals surface area contributed by atoms with E-state index in [9.17, 15) is 19.9 Å². The number of amides is 1. The van der Waals surface area contributed by atoms with Crippen molar-refractivity contribution < 1.29 is 23.9 Å². The summed E-state index contributed by atoms with van der Waals surface area (Å²) in [6.45, 7) is 9.62. The highest BCUT2D eigenvalue weighted by Crippen LogP contribution is 2.37. The molecule has 0 N–H and O–H groups in total. The number of carbonyl (C=O) groups excluding carboxylic acids is 3. The van der Waals surface area contributed by atoms with Gasteiger partial charge in [-0.15, -0.1) is 0 Å². The highest BCUT2D eigenvalue weighted by Gasteiger charge is 2.34. The van der Waals surface area contributed by atoms with Crippen LogP contribution in [0.1, 0.15) is 95.5 Å². The Balaban J connectivity index is 1.77. The Labute approximate surface area is 286 Å². The lowest BCUT2D eigenvalue weighted by Gasteiger charge is -2.37. The number of para-hydroxylation sites is 1. The molecule has 0 saturated heterocycles. The summed E-state index contributed by atoms with van der Waals surface area (Å²) in [5.74, 6) is -1.58. The van der Waals surface area contributed by atoms with Crippen molar-refractivity contribution in [3.05, 3.63) is 117 Å². The van der Waals surface area contributed by atoms with E-state index in [1.54, 1.807) is 49.4 Å². The Morgan fingerprint density at radius 2 is 1.69 bits per heavy atom. The van der Waals surface area contributed by atoms with Crippen molar-refractivity contribution in [1.29, 1.82) is 0 Å². The van der Waals surface area contributed by atoms with Crippen LogP contribution in [0, 0.1) is 0 Å². The maximum Gasteiger partial charge on any atom is 0.359 e.